The van der Waals surface area contributed by atoms with Gasteiger partial charge in [-0.05, 0) is 84.0 Å². The van der Waals surface area contributed by atoms with Crippen molar-refractivity contribution in [3.63, 3.8) is 0 Å². The molecule has 228 valence electrons. The molecule has 2 nitrogen and oxygen atoms in total. The first kappa shape index (κ1) is 30.3. The molecule has 4 aromatic carbocycles. The van der Waals surface area contributed by atoms with Gasteiger partial charge in [-0.2, -0.15) is 0 Å². The van der Waals surface area contributed by atoms with Crippen LogP contribution in [-0.4, -0.2) is 0 Å². The zero-order valence-corrected chi connectivity index (χ0v) is 26.8. The van der Waals surface area contributed by atoms with Crippen LogP contribution in [0.25, 0.3) is 55.4 Å². The number of hydrogen-bond acceptors (Lipinski definition) is 2. The van der Waals surface area contributed by atoms with Gasteiger partial charge in [0.2, 0.25) is 0 Å². The van der Waals surface area contributed by atoms with Gasteiger partial charge in [0.15, 0.2) is 0 Å². The average molecular weight is 585 g/mol. The molecule has 2 heterocycles. The Kier molecular flexibility index (Phi) is 10.2. The summed E-state index contributed by atoms with van der Waals surface area (Å²) in [5.41, 5.74) is 6.94. The summed E-state index contributed by atoms with van der Waals surface area (Å²) >= 11 is 0. The molecule has 2 aromatic heterocycles. The smallest absolute Gasteiger partial charge is 0.135 e. The second-order valence-electron chi connectivity index (χ2n) is 12.7. The van der Waals surface area contributed by atoms with Crippen LogP contribution in [0.2, 0.25) is 0 Å². The molecule has 0 unspecified atom stereocenters. The van der Waals surface area contributed by atoms with Crippen molar-refractivity contribution in [1.29, 1.82) is 0 Å². The molecule has 0 radical (unpaired) electrons. The summed E-state index contributed by atoms with van der Waals surface area (Å²) in [6.07, 6.45) is 18.3. The molecule has 0 atom stereocenters. The molecule has 44 heavy (non-hydrogen) atoms. The third-order valence-corrected chi connectivity index (χ3v) is 9.31. The predicted molar refractivity (Wildman–Crippen MR) is 189 cm³/mol. The second-order valence-corrected chi connectivity index (χ2v) is 12.7. The minimum absolute atomic E-state index is 0.924. The lowest BCUT2D eigenvalue weighted by atomic mass is 10.0. The van der Waals surface area contributed by atoms with Crippen LogP contribution in [0.15, 0.2) is 93.8 Å². The molecule has 0 N–H and O–H groups in total. The first-order chi connectivity index (χ1) is 21.7. The Balaban J connectivity index is 1.16. The van der Waals surface area contributed by atoms with Crippen molar-refractivity contribution in [2.75, 3.05) is 0 Å². The number of hydrogen-bond donors (Lipinski definition) is 0. The van der Waals surface area contributed by atoms with E-state index in [0.717, 1.165) is 57.4 Å². The van der Waals surface area contributed by atoms with Crippen molar-refractivity contribution >= 4 is 32.7 Å². The number of benzene rings is 4. The highest BCUT2D eigenvalue weighted by Crippen LogP contribution is 2.38. The summed E-state index contributed by atoms with van der Waals surface area (Å²) in [6, 6.07) is 30.9. The first-order valence-corrected chi connectivity index (χ1v) is 17.3. The summed E-state index contributed by atoms with van der Waals surface area (Å²) in [6.45, 7) is 4.55. The maximum absolute atomic E-state index is 6.36. The van der Waals surface area contributed by atoms with E-state index < -0.39 is 0 Å². The molecule has 0 aliphatic heterocycles. The zero-order chi connectivity index (χ0) is 30.1. The van der Waals surface area contributed by atoms with E-state index in [0.29, 0.717) is 0 Å². The highest BCUT2D eigenvalue weighted by molar-refractivity contribution is 6.16. The molecule has 0 bridgehead atoms. The van der Waals surface area contributed by atoms with Crippen LogP contribution >= 0.6 is 0 Å². The minimum atomic E-state index is 0.924. The number of furan rings is 2. The number of rotatable bonds is 16. The van der Waals surface area contributed by atoms with Gasteiger partial charge in [0, 0.05) is 21.9 Å². The van der Waals surface area contributed by atoms with Gasteiger partial charge in [-0.1, -0.05) is 127 Å². The highest BCUT2D eigenvalue weighted by atomic mass is 16.3. The van der Waals surface area contributed by atoms with E-state index in [1.165, 1.54) is 98.9 Å². The topological polar surface area (TPSA) is 26.3 Å². The maximum Gasteiger partial charge on any atom is 0.135 e. The Morgan fingerprint density at radius 3 is 1.18 bits per heavy atom. The summed E-state index contributed by atoms with van der Waals surface area (Å²) < 4.78 is 12.7. The fourth-order valence-electron chi connectivity index (χ4n) is 6.62. The standard InChI is InChI=1S/C42H48O2/c1-3-5-7-9-11-13-15-31-17-21-33(22-18-31)41-29-37-35-26-28-40-38(36(35)25-27-39(37)43-41)30-42(44-40)34-23-19-32(20-24-34)16-14-12-10-8-6-4-2/h17-30H,3-16H2,1-2H3. The Morgan fingerprint density at radius 2 is 0.773 bits per heavy atom. The summed E-state index contributed by atoms with van der Waals surface area (Å²) in [7, 11) is 0. The van der Waals surface area contributed by atoms with E-state index in [1.54, 1.807) is 0 Å². The van der Waals surface area contributed by atoms with E-state index in [1.807, 2.05) is 0 Å². The second kappa shape index (κ2) is 14.8. The average Bonchev–Trinajstić information content (AvgIpc) is 3.70. The molecule has 0 aliphatic rings. The van der Waals surface area contributed by atoms with Gasteiger partial charge in [0.05, 0.1) is 0 Å². The van der Waals surface area contributed by atoms with Crippen LogP contribution in [0.4, 0.5) is 0 Å². The molecule has 0 aliphatic carbocycles. The van der Waals surface area contributed by atoms with Crippen molar-refractivity contribution in [2.24, 2.45) is 0 Å². The molecule has 6 aromatic rings. The maximum atomic E-state index is 6.36. The monoisotopic (exact) mass is 584 g/mol. The van der Waals surface area contributed by atoms with Crippen molar-refractivity contribution in [2.45, 2.75) is 104 Å². The van der Waals surface area contributed by atoms with Gasteiger partial charge in [-0.3, -0.25) is 0 Å². The molecular formula is C42H48O2. The van der Waals surface area contributed by atoms with Crippen LogP contribution in [0, 0.1) is 0 Å². The SMILES string of the molecule is CCCCCCCCc1ccc(-c2cc3c(ccc4c5cc(-c6ccc(CCCCCCCC)cc6)oc5ccc34)o2)cc1. The van der Waals surface area contributed by atoms with Gasteiger partial charge in [-0.15, -0.1) is 0 Å². The molecule has 0 fully saturated rings. The van der Waals surface area contributed by atoms with Crippen molar-refractivity contribution in [1.82, 2.24) is 0 Å². The van der Waals surface area contributed by atoms with Crippen LogP contribution in [-0.2, 0) is 12.8 Å². The van der Waals surface area contributed by atoms with Crippen molar-refractivity contribution in [3.8, 4) is 22.6 Å². The molecule has 6 rings (SSSR count). The number of unbranched alkanes of at least 4 members (excludes halogenated alkanes) is 10. The zero-order valence-electron chi connectivity index (χ0n) is 26.8. The Labute approximate surface area is 263 Å². The number of aryl methyl sites for hydroxylation is 2. The Bertz CT molecular complexity index is 1630. The lowest BCUT2D eigenvalue weighted by Crippen LogP contribution is -1.86. The van der Waals surface area contributed by atoms with Gasteiger partial charge >= 0.3 is 0 Å². The van der Waals surface area contributed by atoms with E-state index in [2.05, 4.69) is 98.8 Å². The van der Waals surface area contributed by atoms with Gasteiger partial charge in [0.25, 0.3) is 0 Å². The largest absolute Gasteiger partial charge is 0.456 e. The van der Waals surface area contributed by atoms with E-state index in [4.69, 9.17) is 8.83 Å². The normalized spacial score (nSPS) is 11.8. The summed E-state index contributed by atoms with van der Waals surface area (Å²) in [4.78, 5) is 0. The van der Waals surface area contributed by atoms with Crippen LogP contribution in [0.1, 0.15) is 102 Å². The van der Waals surface area contributed by atoms with Crippen LogP contribution in [0.5, 0.6) is 0 Å². The quantitative estimate of drug-likeness (QED) is 0.106. The van der Waals surface area contributed by atoms with E-state index >= 15 is 0 Å². The van der Waals surface area contributed by atoms with Gasteiger partial charge < -0.3 is 8.83 Å². The van der Waals surface area contributed by atoms with Crippen LogP contribution < -0.4 is 0 Å². The summed E-state index contributed by atoms with van der Waals surface area (Å²) in [5.74, 6) is 1.85. The lowest BCUT2D eigenvalue weighted by molar-refractivity contribution is 0.607. The third kappa shape index (κ3) is 7.12. The molecule has 2 heteroatoms. The van der Waals surface area contributed by atoms with Crippen molar-refractivity contribution in [3.05, 3.63) is 96.1 Å². The summed E-state index contributed by atoms with van der Waals surface area (Å²) in [5, 5.41) is 4.70. The van der Waals surface area contributed by atoms with E-state index in [-0.39, 0.29) is 0 Å². The van der Waals surface area contributed by atoms with Gasteiger partial charge in [-0.25, -0.2) is 0 Å². The molecular weight excluding hydrogens is 536 g/mol. The van der Waals surface area contributed by atoms with Crippen molar-refractivity contribution < 1.29 is 8.83 Å². The van der Waals surface area contributed by atoms with E-state index in [9.17, 15) is 0 Å². The lowest BCUT2D eigenvalue weighted by Gasteiger charge is -2.03. The number of fused-ring (bicyclic) bond motifs is 5. The minimum Gasteiger partial charge on any atom is -0.456 e. The molecule has 0 amide bonds. The Morgan fingerprint density at radius 1 is 0.386 bits per heavy atom. The predicted octanol–water partition coefficient (Wildman–Crippen LogP) is 13.5. The molecule has 0 saturated carbocycles. The molecule has 0 spiro atoms. The first-order valence-electron chi connectivity index (χ1n) is 17.3. The Hall–Kier alpha value is -3.78. The third-order valence-electron chi connectivity index (χ3n) is 9.31. The van der Waals surface area contributed by atoms with Gasteiger partial charge in [0.1, 0.15) is 22.7 Å². The highest BCUT2D eigenvalue weighted by Gasteiger charge is 2.14. The molecule has 0 saturated heterocycles. The fourth-order valence-corrected chi connectivity index (χ4v) is 6.62. The fraction of sp³-hybridized carbons (Fsp3) is 0.381. The van der Waals surface area contributed by atoms with Crippen LogP contribution in [0.3, 0.4) is 0 Å².